The Hall–Kier alpha value is -1.32. The molecule has 1 aromatic carbocycles. The Morgan fingerprint density at radius 3 is 2.89 bits per heavy atom. The minimum absolute atomic E-state index is 0.250. The summed E-state index contributed by atoms with van der Waals surface area (Å²) in [4.78, 5) is 7.43. The monoisotopic (exact) mass is 263 g/mol. The lowest BCUT2D eigenvalue weighted by Crippen LogP contribution is -2.21. The van der Waals surface area contributed by atoms with Gasteiger partial charge in [-0.05, 0) is 30.5 Å². The fourth-order valence-electron chi connectivity index (χ4n) is 1.89. The Kier molecular flexibility index (Phi) is 4.39. The summed E-state index contributed by atoms with van der Waals surface area (Å²) in [7, 11) is 0. The number of imidazole rings is 1. The molecule has 2 rings (SSSR count). The number of nitrogens with zero attached hydrogens (tertiary/aromatic N) is 1. The van der Waals surface area contributed by atoms with Crippen LogP contribution in [-0.2, 0) is 6.54 Å². The number of rotatable bonds is 5. The molecule has 0 bridgehead atoms. The molecule has 1 unspecified atom stereocenters. The van der Waals surface area contributed by atoms with Crippen LogP contribution < -0.4 is 5.32 Å². The van der Waals surface area contributed by atoms with Crippen molar-refractivity contribution in [2.24, 2.45) is 0 Å². The predicted molar refractivity (Wildman–Crippen MR) is 74.6 cm³/mol. The van der Waals surface area contributed by atoms with Gasteiger partial charge in [0.05, 0.1) is 6.04 Å². The van der Waals surface area contributed by atoms with E-state index in [0.717, 1.165) is 29.4 Å². The highest BCUT2D eigenvalue weighted by atomic mass is 35.5. The van der Waals surface area contributed by atoms with Crippen LogP contribution in [0.15, 0.2) is 30.6 Å². The Morgan fingerprint density at radius 2 is 2.28 bits per heavy atom. The van der Waals surface area contributed by atoms with Crippen molar-refractivity contribution in [2.75, 3.05) is 0 Å². The molecule has 2 aromatic rings. The highest BCUT2D eigenvalue weighted by molar-refractivity contribution is 6.31. The van der Waals surface area contributed by atoms with Crippen molar-refractivity contribution in [2.45, 2.75) is 32.9 Å². The first-order valence-electron chi connectivity index (χ1n) is 6.18. The van der Waals surface area contributed by atoms with E-state index in [-0.39, 0.29) is 6.04 Å². The standard InChI is InChI=1S/C14H18ClN3/c1-3-13(14-16-6-7-17-14)18-9-11-5-4-10(2)12(15)8-11/h4-8,13,18H,3,9H2,1-2H3,(H,16,17). The molecule has 0 radical (unpaired) electrons. The molecule has 0 saturated carbocycles. The average Bonchev–Trinajstić information content (AvgIpc) is 2.88. The highest BCUT2D eigenvalue weighted by Crippen LogP contribution is 2.18. The number of H-pyrrole nitrogens is 1. The van der Waals surface area contributed by atoms with Crippen molar-refractivity contribution < 1.29 is 0 Å². The topological polar surface area (TPSA) is 40.7 Å². The van der Waals surface area contributed by atoms with Gasteiger partial charge in [0.1, 0.15) is 5.82 Å². The van der Waals surface area contributed by atoms with Gasteiger partial charge in [0.25, 0.3) is 0 Å². The summed E-state index contributed by atoms with van der Waals surface area (Å²) in [6, 6.07) is 6.41. The van der Waals surface area contributed by atoms with Gasteiger partial charge in [-0.3, -0.25) is 0 Å². The van der Waals surface area contributed by atoms with Gasteiger partial charge in [-0.2, -0.15) is 0 Å². The van der Waals surface area contributed by atoms with Gasteiger partial charge >= 0.3 is 0 Å². The molecule has 0 fully saturated rings. The third-order valence-corrected chi connectivity index (χ3v) is 3.45. The van der Waals surface area contributed by atoms with Crippen molar-refractivity contribution in [1.82, 2.24) is 15.3 Å². The molecule has 0 amide bonds. The predicted octanol–water partition coefficient (Wildman–Crippen LogP) is 3.61. The smallest absolute Gasteiger partial charge is 0.123 e. The largest absolute Gasteiger partial charge is 0.347 e. The van der Waals surface area contributed by atoms with E-state index < -0.39 is 0 Å². The van der Waals surface area contributed by atoms with E-state index in [0.29, 0.717) is 0 Å². The Balaban J connectivity index is 1.99. The van der Waals surface area contributed by atoms with Crippen LogP contribution in [0.4, 0.5) is 0 Å². The summed E-state index contributed by atoms with van der Waals surface area (Å²) in [5.74, 6) is 0.982. The van der Waals surface area contributed by atoms with Crippen LogP contribution in [0.2, 0.25) is 5.02 Å². The normalized spacial score (nSPS) is 12.6. The molecule has 96 valence electrons. The van der Waals surface area contributed by atoms with Gasteiger partial charge in [-0.25, -0.2) is 4.98 Å². The maximum absolute atomic E-state index is 6.12. The SMILES string of the molecule is CCC(NCc1ccc(C)c(Cl)c1)c1ncc[nH]1. The van der Waals surface area contributed by atoms with Crippen molar-refractivity contribution in [3.05, 3.63) is 52.6 Å². The minimum atomic E-state index is 0.250. The second-order valence-electron chi connectivity index (χ2n) is 4.40. The number of hydrogen-bond acceptors (Lipinski definition) is 2. The molecule has 0 aliphatic heterocycles. The van der Waals surface area contributed by atoms with E-state index in [2.05, 4.69) is 28.3 Å². The van der Waals surface area contributed by atoms with E-state index in [1.165, 1.54) is 5.56 Å². The lowest BCUT2D eigenvalue weighted by atomic mass is 10.1. The Bertz CT molecular complexity index is 494. The van der Waals surface area contributed by atoms with E-state index >= 15 is 0 Å². The minimum Gasteiger partial charge on any atom is -0.347 e. The van der Waals surface area contributed by atoms with Gasteiger partial charge in [0, 0.05) is 24.0 Å². The second-order valence-corrected chi connectivity index (χ2v) is 4.81. The van der Waals surface area contributed by atoms with E-state index in [9.17, 15) is 0 Å². The summed E-state index contributed by atoms with van der Waals surface area (Å²) in [5, 5.41) is 4.30. The van der Waals surface area contributed by atoms with Gasteiger partial charge in [0.2, 0.25) is 0 Å². The number of aromatic nitrogens is 2. The highest BCUT2D eigenvalue weighted by Gasteiger charge is 2.10. The molecule has 1 atom stereocenters. The maximum atomic E-state index is 6.12. The zero-order valence-electron chi connectivity index (χ0n) is 10.7. The second kappa shape index (κ2) is 6.03. The number of aromatic amines is 1. The van der Waals surface area contributed by atoms with Crippen molar-refractivity contribution in [1.29, 1.82) is 0 Å². The molecule has 0 aliphatic rings. The average molecular weight is 264 g/mol. The van der Waals surface area contributed by atoms with Gasteiger partial charge in [-0.15, -0.1) is 0 Å². The zero-order valence-corrected chi connectivity index (χ0v) is 11.5. The molecule has 0 saturated heterocycles. The molecule has 18 heavy (non-hydrogen) atoms. The van der Waals surface area contributed by atoms with Crippen molar-refractivity contribution in [3.8, 4) is 0 Å². The maximum Gasteiger partial charge on any atom is 0.123 e. The third kappa shape index (κ3) is 3.12. The molecular formula is C14H18ClN3. The van der Waals surface area contributed by atoms with Gasteiger partial charge in [-0.1, -0.05) is 30.7 Å². The summed E-state index contributed by atoms with van der Waals surface area (Å²) >= 11 is 6.12. The van der Waals surface area contributed by atoms with Crippen LogP contribution in [0.3, 0.4) is 0 Å². The van der Waals surface area contributed by atoms with E-state index in [1.807, 2.05) is 25.3 Å². The molecule has 1 heterocycles. The van der Waals surface area contributed by atoms with Gasteiger partial charge in [0.15, 0.2) is 0 Å². The summed E-state index contributed by atoms with van der Waals surface area (Å²) < 4.78 is 0. The first kappa shape index (κ1) is 13.1. The first-order valence-corrected chi connectivity index (χ1v) is 6.56. The third-order valence-electron chi connectivity index (χ3n) is 3.05. The molecule has 0 aliphatic carbocycles. The number of benzene rings is 1. The summed E-state index contributed by atoms with van der Waals surface area (Å²) in [5.41, 5.74) is 2.30. The molecule has 3 nitrogen and oxygen atoms in total. The Labute approximate surface area is 113 Å². The van der Waals surface area contributed by atoms with E-state index in [1.54, 1.807) is 6.20 Å². The lowest BCUT2D eigenvalue weighted by Gasteiger charge is -2.15. The molecule has 0 spiro atoms. The Morgan fingerprint density at radius 1 is 1.44 bits per heavy atom. The zero-order chi connectivity index (χ0) is 13.0. The fraction of sp³-hybridized carbons (Fsp3) is 0.357. The number of aryl methyl sites for hydroxylation is 1. The van der Waals surface area contributed by atoms with Crippen LogP contribution in [0.1, 0.15) is 36.3 Å². The van der Waals surface area contributed by atoms with E-state index in [4.69, 9.17) is 11.6 Å². The van der Waals surface area contributed by atoms with Crippen molar-refractivity contribution in [3.63, 3.8) is 0 Å². The number of halogens is 1. The van der Waals surface area contributed by atoms with Crippen LogP contribution in [0.5, 0.6) is 0 Å². The fourth-order valence-corrected chi connectivity index (χ4v) is 2.09. The van der Waals surface area contributed by atoms with Crippen LogP contribution in [0, 0.1) is 6.92 Å². The van der Waals surface area contributed by atoms with Crippen LogP contribution in [-0.4, -0.2) is 9.97 Å². The quantitative estimate of drug-likeness (QED) is 0.865. The van der Waals surface area contributed by atoms with Crippen LogP contribution in [0.25, 0.3) is 0 Å². The molecule has 1 aromatic heterocycles. The molecule has 2 N–H and O–H groups in total. The number of nitrogens with one attached hydrogen (secondary N) is 2. The van der Waals surface area contributed by atoms with Crippen molar-refractivity contribution >= 4 is 11.6 Å². The summed E-state index contributed by atoms with van der Waals surface area (Å²) in [6.45, 7) is 4.94. The first-order chi connectivity index (χ1) is 8.70. The molecular weight excluding hydrogens is 246 g/mol. The molecule has 4 heteroatoms. The number of hydrogen-bond donors (Lipinski definition) is 2. The van der Waals surface area contributed by atoms with Gasteiger partial charge < -0.3 is 10.3 Å². The summed E-state index contributed by atoms with van der Waals surface area (Å²) in [6.07, 6.45) is 4.62. The van der Waals surface area contributed by atoms with Crippen LogP contribution >= 0.6 is 11.6 Å². The lowest BCUT2D eigenvalue weighted by molar-refractivity contribution is 0.498.